The van der Waals surface area contributed by atoms with Gasteiger partial charge in [0.2, 0.25) is 0 Å². The van der Waals surface area contributed by atoms with E-state index >= 15 is 0 Å². The van der Waals surface area contributed by atoms with Crippen LogP contribution in [-0.4, -0.2) is 40.3 Å². The van der Waals surface area contributed by atoms with Crippen LogP contribution in [0.15, 0.2) is 73.5 Å². The maximum Gasteiger partial charge on any atom is 0.420 e. The number of nitroso groups, excluding NO2 is 3. The third-order valence-electron chi connectivity index (χ3n) is 4.48. The summed E-state index contributed by atoms with van der Waals surface area (Å²) in [5, 5.41) is 10.1. The Balaban J connectivity index is 0.000000240. The van der Waals surface area contributed by atoms with Crippen LogP contribution in [0.3, 0.4) is 0 Å². The standard InChI is InChI=1S/3C6H8NO2.C6H7NO2/c1-5-3-6(4-9-5)7(2)8;1-5-3-6(7(2)8)9-4-5;1-5-3-4-6(9-5)7(2)8;1-5-3-2-4-6(5)7(8)9/h3*3-4H,1-2H3;3-4H,2H2,1H3/q3*+1;. The zero-order valence-corrected chi connectivity index (χ0v) is 21.4. The van der Waals surface area contributed by atoms with E-state index in [0.717, 1.165) is 27.4 Å². The zero-order valence-electron chi connectivity index (χ0n) is 21.4. The Kier molecular flexibility index (Phi) is 11.5. The number of furan rings is 3. The molecular weight excluding hydrogens is 472 g/mol. The Labute approximate surface area is 207 Å². The predicted molar refractivity (Wildman–Crippen MR) is 131 cm³/mol. The lowest BCUT2D eigenvalue weighted by molar-refractivity contribution is -0.444. The van der Waals surface area contributed by atoms with Crippen molar-refractivity contribution in [2.24, 2.45) is 0 Å². The lowest BCUT2D eigenvalue weighted by atomic mass is 10.3. The fourth-order valence-electron chi connectivity index (χ4n) is 2.60. The molecule has 3 aromatic heterocycles. The van der Waals surface area contributed by atoms with Crippen molar-refractivity contribution in [3.63, 3.8) is 0 Å². The van der Waals surface area contributed by atoms with Crippen molar-refractivity contribution in [2.45, 2.75) is 34.1 Å². The molecule has 1 aliphatic rings. The molecule has 12 heteroatoms. The highest BCUT2D eigenvalue weighted by atomic mass is 16.6. The molecule has 0 atom stereocenters. The monoisotopic (exact) mass is 503 g/mol. The number of aryl methyl sites for hydroxylation is 3. The van der Waals surface area contributed by atoms with E-state index in [-0.39, 0.29) is 10.6 Å². The van der Waals surface area contributed by atoms with E-state index in [0.29, 0.717) is 33.4 Å². The van der Waals surface area contributed by atoms with E-state index < -0.39 is 0 Å². The molecular formula is C24H31N4O8+3. The topological polar surface area (TPSA) is 143 Å². The third kappa shape index (κ3) is 10.2. The van der Waals surface area contributed by atoms with Crippen molar-refractivity contribution < 1.29 is 32.5 Å². The molecule has 1 aliphatic carbocycles. The van der Waals surface area contributed by atoms with Gasteiger partial charge in [0, 0.05) is 25.1 Å². The number of nitro groups is 1. The average Bonchev–Trinajstić information content (AvgIpc) is 3.58. The molecule has 0 saturated heterocycles. The highest BCUT2D eigenvalue weighted by Crippen LogP contribution is 2.18. The minimum absolute atomic E-state index is 0.259. The molecule has 0 amide bonds. The normalized spacial score (nSPS) is 11.4. The molecule has 0 saturated carbocycles. The van der Waals surface area contributed by atoms with Crippen molar-refractivity contribution in [2.75, 3.05) is 21.1 Å². The molecule has 0 spiro atoms. The van der Waals surface area contributed by atoms with Crippen molar-refractivity contribution in [1.29, 1.82) is 0 Å². The molecule has 3 aromatic rings. The van der Waals surface area contributed by atoms with Gasteiger partial charge in [-0.1, -0.05) is 6.08 Å². The summed E-state index contributed by atoms with van der Waals surface area (Å²) in [6.07, 6.45) is 7.15. The Morgan fingerprint density at radius 2 is 1.39 bits per heavy atom. The number of rotatable bonds is 4. The molecule has 0 unspecified atom stereocenters. The smallest absolute Gasteiger partial charge is 0.420 e. The van der Waals surface area contributed by atoms with Crippen molar-refractivity contribution in [3.05, 3.63) is 102 Å². The van der Waals surface area contributed by atoms with Crippen LogP contribution >= 0.6 is 0 Å². The zero-order chi connectivity index (χ0) is 27.4. The van der Waals surface area contributed by atoms with Crippen LogP contribution in [0.25, 0.3) is 0 Å². The summed E-state index contributed by atoms with van der Waals surface area (Å²) in [5.41, 5.74) is 2.57. The first-order valence-electron chi connectivity index (χ1n) is 10.7. The van der Waals surface area contributed by atoms with Gasteiger partial charge in [0.1, 0.15) is 17.8 Å². The summed E-state index contributed by atoms with van der Waals surface area (Å²) >= 11 is 0. The largest absolute Gasteiger partial charge is 0.462 e. The Morgan fingerprint density at radius 3 is 1.61 bits per heavy atom. The van der Waals surface area contributed by atoms with Crippen LogP contribution < -0.4 is 0 Å². The van der Waals surface area contributed by atoms with Gasteiger partial charge >= 0.3 is 11.8 Å². The van der Waals surface area contributed by atoms with E-state index in [9.17, 15) is 24.8 Å². The van der Waals surface area contributed by atoms with Crippen LogP contribution in [0, 0.1) is 45.6 Å². The first-order chi connectivity index (χ1) is 16.8. The van der Waals surface area contributed by atoms with E-state index in [1.165, 1.54) is 27.4 Å². The number of hydrogen-bond donors (Lipinski definition) is 0. The first kappa shape index (κ1) is 29.6. The number of allylic oxidation sites excluding steroid dienone is 3. The summed E-state index contributed by atoms with van der Waals surface area (Å²) in [4.78, 5) is 41.2. The Bertz CT molecular complexity index is 1160. The predicted octanol–water partition coefficient (Wildman–Crippen LogP) is 6.38. The second-order valence-electron chi connectivity index (χ2n) is 7.72. The van der Waals surface area contributed by atoms with E-state index in [1.54, 1.807) is 57.4 Å². The summed E-state index contributed by atoms with van der Waals surface area (Å²) in [5.74, 6) is 2.22. The van der Waals surface area contributed by atoms with Gasteiger partial charge in [-0.25, -0.2) is 0 Å². The van der Waals surface area contributed by atoms with Crippen LogP contribution in [0.5, 0.6) is 0 Å². The molecule has 0 bridgehead atoms. The molecule has 12 nitrogen and oxygen atoms in total. The van der Waals surface area contributed by atoms with Crippen molar-refractivity contribution >= 4 is 17.5 Å². The SMILES string of the molecule is CC1=CCC=C1[N+](=O)[O-].Cc1cc([N+](C)=O)co1.Cc1ccc([N+](C)=O)o1.Cc1coc([N+](C)=O)c1. The summed E-state index contributed by atoms with van der Waals surface area (Å²) in [6, 6.07) is 6.77. The van der Waals surface area contributed by atoms with Gasteiger partial charge in [-0.15, -0.1) is 0 Å². The molecule has 192 valence electrons. The third-order valence-corrected chi connectivity index (χ3v) is 4.48. The number of nitrogens with zero attached hydrogens (tertiary/aromatic N) is 4. The molecule has 0 aromatic carbocycles. The lowest BCUT2D eigenvalue weighted by Gasteiger charge is -1.88. The molecule has 4 rings (SSSR count). The van der Waals surface area contributed by atoms with Crippen LogP contribution in [0.1, 0.15) is 30.4 Å². The van der Waals surface area contributed by atoms with Gasteiger partial charge in [0.05, 0.1) is 32.6 Å². The highest BCUT2D eigenvalue weighted by Gasteiger charge is 2.15. The van der Waals surface area contributed by atoms with Gasteiger partial charge in [0.15, 0.2) is 27.4 Å². The highest BCUT2D eigenvalue weighted by molar-refractivity contribution is 5.29. The second kappa shape index (κ2) is 14.0. The van der Waals surface area contributed by atoms with Crippen LogP contribution in [0.4, 0.5) is 17.5 Å². The lowest BCUT2D eigenvalue weighted by Crippen LogP contribution is -1.96. The van der Waals surface area contributed by atoms with E-state index in [1.807, 2.05) is 13.0 Å². The van der Waals surface area contributed by atoms with E-state index in [2.05, 4.69) is 0 Å². The minimum Gasteiger partial charge on any atom is -0.462 e. The fourth-order valence-corrected chi connectivity index (χ4v) is 2.60. The quantitative estimate of drug-likeness (QED) is 0.227. The molecule has 0 aliphatic heterocycles. The molecule has 0 fully saturated rings. The maximum atomic E-state index is 10.5. The molecule has 36 heavy (non-hydrogen) atoms. The summed E-state index contributed by atoms with van der Waals surface area (Å²) in [7, 11) is 4.24. The summed E-state index contributed by atoms with van der Waals surface area (Å²) < 4.78 is 16.8. The van der Waals surface area contributed by atoms with Gasteiger partial charge < -0.3 is 13.3 Å². The van der Waals surface area contributed by atoms with Crippen LogP contribution in [0.2, 0.25) is 0 Å². The van der Waals surface area contributed by atoms with Crippen LogP contribution in [-0.2, 0) is 0 Å². The molecule has 0 radical (unpaired) electrons. The average molecular weight is 504 g/mol. The first-order valence-corrected chi connectivity index (χ1v) is 10.7. The molecule has 3 heterocycles. The van der Waals surface area contributed by atoms with Gasteiger partial charge in [-0.2, -0.15) is 0 Å². The molecule has 0 N–H and O–H groups in total. The summed E-state index contributed by atoms with van der Waals surface area (Å²) in [6.45, 7) is 7.22. The fraction of sp³-hybridized carbons (Fsp3) is 0.333. The number of hydrogen-bond acceptors (Lipinski definition) is 8. The van der Waals surface area contributed by atoms with Crippen molar-refractivity contribution in [3.8, 4) is 0 Å². The van der Waals surface area contributed by atoms with Gasteiger partial charge in [-0.05, 0) is 51.8 Å². The second-order valence-corrected chi connectivity index (χ2v) is 7.72. The van der Waals surface area contributed by atoms with Gasteiger partial charge in [0.25, 0.3) is 11.4 Å². The minimum atomic E-state index is -0.348. The van der Waals surface area contributed by atoms with Gasteiger partial charge in [-0.3, -0.25) is 10.1 Å². The Hall–Kier alpha value is -4.48. The van der Waals surface area contributed by atoms with E-state index in [4.69, 9.17) is 13.3 Å². The Morgan fingerprint density at radius 1 is 0.750 bits per heavy atom. The maximum absolute atomic E-state index is 10.5. The van der Waals surface area contributed by atoms with Crippen molar-refractivity contribution in [1.82, 2.24) is 0 Å².